The van der Waals surface area contributed by atoms with Gasteiger partial charge in [-0.2, -0.15) is 0 Å². The molecule has 40 heavy (non-hydrogen) atoms. The highest BCUT2D eigenvalue weighted by Gasteiger charge is 2.33. The molecular formula is C30H36FN3O5S. The van der Waals surface area contributed by atoms with Crippen molar-refractivity contribution in [3.05, 3.63) is 89.7 Å². The van der Waals surface area contributed by atoms with Gasteiger partial charge in [0.25, 0.3) is 10.0 Å². The van der Waals surface area contributed by atoms with Crippen molar-refractivity contribution >= 4 is 27.5 Å². The van der Waals surface area contributed by atoms with Crippen LogP contribution >= 0.6 is 0 Å². The normalized spacial score (nSPS) is 11.9. The molecule has 0 aliphatic carbocycles. The molecule has 3 rings (SSSR count). The lowest BCUT2D eigenvalue weighted by Crippen LogP contribution is -2.52. The third kappa shape index (κ3) is 7.59. The number of aryl methyl sites for hydroxylation is 1. The molecule has 0 aliphatic heterocycles. The summed E-state index contributed by atoms with van der Waals surface area (Å²) in [6.45, 7) is 7.72. The minimum atomic E-state index is -4.29. The standard InChI is InChI=1S/C30H36FN3O5S/c1-5-28(30(36)32-6-2)33(20-23-10-8-9-22(4)19-23)29(35)21-34(25-13-15-26(16-14-25)39-7-3)40(37,38)27-17-11-24(31)12-18-27/h8-19,28H,5-7,20-21H2,1-4H3,(H,32,36)/t28-/m0/s1. The molecule has 0 saturated heterocycles. The van der Waals surface area contributed by atoms with Gasteiger partial charge >= 0.3 is 0 Å². The monoisotopic (exact) mass is 569 g/mol. The van der Waals surface area contributed by atoms with E-state index in [1.54, 1.807) is 38.1 Å². The first-order valence-electron chi connectivity index (χ1n) is 13.2. The molecule has 3 aromatic rings. The quantitative estimate of drug-likeness (QED) is 0.323. The predicted octanol–water partition coefficient (Wildman–Crippen LogP) is 4.67. The van der Waals surface area contributed by atoms with Crippen LogP contribution in [-0.2, 0) is 26.2 Å². The second-order valence-electron chi connectivity index (χ2n) is 9.22. The number of hydrogen-bond donors (Lipinski definition) is 1. The zero-order chi connectivity index (χ0) is 29.3. The maximum absolute atomic E-state index is 14.0. The molecule has 0 heterocycles. The first kappa shape index (κ1) is 30.6. The lowest BCUT2D eigenvalue weighted by Gasteiger charge is -2.33. The van der Waals surface area contributed by atoms with Crippen molar-refractivity contribution in [2.45, 2.75) is 51.6 Å². The summed E-state index contributed by atoms with van der Waals surface area (Å²) in [5.74, 6) is -0.918. The molecule has 8 nitrogen and oxygen atoms in total. The number of ether oxygens (including phenoxy) is 1. The van der Waals surface area contributed by atoms with E-state index in [0.29, 0.717) is 25.3 Å². The number of amides is 2. The van der Waals surface area contributed by atoms with Gasteiger partial charge in [-0.1, -0.05) is 36.8 Å². The van der Waals surface area contributed by atoms with Crippen molar-refractivity contribution in [2.24, 2.45) is 0 Å². The fraction of sp³-hybridized carbons (Fsp3) is 0.333. The number of rotatable bonds is 13. The van der Waals surface area contributed by atoms with Crippen LogP contribution in [0.1, 0.15) is 38.3 Å². The molecule has 214 valence electrons. The maximum atomic E-state index is 14.0. The van der Waals surface area contributed by atoms with Gasteiger partial charge in [0.1, 0.15) is 24.2 Å². The highest BCUT2D eigenvalue weighted by molar-refractivity contribution is 7.92. The van der Waals surface area contributed by atoms with Crippen LogP contribution in [0.25, 0.3) is 0 Å². The average molecular weight is 570 g/mol. The van der Waals surface area contributed by atoms with Crippen LogP contribution in [-0.4, -0.2) is 50.9 Å². The van der Waals surface area contributed by atoms with E-state index in [-0.39, 0.29) is 23.0 Å². The van der Waals surface area contributed by atoms with Crippen LogP contribution in [0.3, 0.4) is 0 Å². The van der Waals surface area contributed by atoms with Gasteiger partial charge in [-0.3, -0.25) is 13.9 Å². The van der Waals surface area contributed by atoms with Gasteiger partial charge in [0.05, 0.1) is 17.2 Å². The lowest BCUT2D eigenvalue weighted by molar-refractivity contribution is -0.140. The third-order valence-electron chi connectivity index (χ3n) is 6.29. The SMILES string of the molecule is CCNC(=O)[C@H](CC)N(Cc1cccc(C)c1)C(=O)CN(c1ccc(OCC)cc1)S(=O)(=O)c1ccc(F)cc1. The van der Waals surface area contributed by atoms with Crippen molar-refractivity contribution in [3.8, 4) is 5.75 Å². The minimum Gasteiger partial charge on any atom is -0.494 e. The Labute approximate surface area is 235 Å². The molecule has 0 radical (unpaired) electrons. The number of nitrogens with zero attached hydrogens (tertiary/aromatic N) is 2. The van der Waals surface area contributed by atoms with E-state index in [2.05, 4.69) is 5.32 Å². The van der Waals surface area contributed by atoms with Crippen molar-refractivity contribution in [1.82, 2.24) is 10.2 Å². The van der Waals surface area contributed by atoms with Crippen molar-refractivity contribution in [3.63, 3.8) is 0 Å². The Morgan fingerprint density at radius 2 is 1.65 bits per heavy atom. The Hall–Kier alpha value is -3.92. The highest BCUT2D eigenvalue weighted by atomic mass is 32.2. The summed E-state index contributed by atoms with van der Waals surface area (Å²) in [5, 5.41) is 2.78. The van der Waals surface area contributed by atoms with Gasteiger partial charge in [-0.15, -0.1) is 0 Å². The van der Waals surface area contributed by atoms with Crippen LogP contribution in [0.4, 0.5) is 10.1 Å². The maximum Gasteiger partial charge on any atom is 0.264 e. The first-order valence-corrected chi connectivity index (χ1v) is 14.7. The third-order valence-corrected chi connectivity index (χ3v) is 8.08. The molecule has 0 saturated carbocycles. The zero-order valence-electron chi connectivity index (χ0n) is 23.3. The van der Waals surface area contributed by atoms with Gasteiger partial charge in [-0.05, 0) is 81.3 Å². The number of carbonyl (C=O) groups excluding carboxylic acids is 2. The van der Waals surface area contributed by atoms with Crippen LogP contribution < -0.4 is 14.4 Å². The average Bonchev–Trinajstić information content (AvgIpc) is 2.92. The van der Waals surface area contributed by atoms with E-state index in [1.165, 1.54) is 4.90 Å². The van der Waals surface area contributed by atoms with Gasteiger partial charge in [0, 0.05) is 13.1 Å². The molecule has 0 spiro atoms. The van der Waals surface area contributed by atoms with Crippen LogP contribution in [0.15, 0.2) is 77.7 Å². The molecule has 0 aromatic heterocycles. The van der Waals surface area contributed by atoms with Crippen LogP contribution in [0, 0.1) is 12.7 Å². The highest BCUT2D eigenvalue weighted by Crippen LogP contribution is 2.27. The van der Waals surface area contributed by atoms with E-state index in [1.807, 2.05) is 38.1 Å². The van der Waals surface area contributed by atoms with Gasteiger partial charge in [0.2, 0.25) is 11.8 Å². The second kappa shape index (κ2) is 13.9. The van der Waals surface area contributed by atoms with E-state index in [4.69, 9.17) is 4.74 Å². The van der Waals surface area contributed by atoms with E-state index < -0.39 is 34.3 Å². The number of hydrogen-bond acceptors (Lipinski definition) is 5. The Kier molecular flexibility index (Phi) is 10.7. The summed E-state index contributed by atoms with van der Waals surface area (Å²) in [5.41, 5.74) is 2.03. The number of likely N-dealkylation sites (N-methyl/N-ethyl adjacent to an activating group) is 1. The topological polar surface area (TPSA) is 96.0 Å². The summed E-state index contributed by atoms with van der Waals surface area (Å²) in [7, 11) is -4.29. The molecule has 0 unspecified atom stereocenters. The number of anilines is 1. The largest absolute Gasteiger partial charge is 0.494 e. The molecule has 1 atom stereocenters. The molecular weight excluding hydrogens is 533 g/mol. The van der Waals surface area contributed by atoms with Gasteiger partial charge in [0.15, 0.2) is 0 Å². The molecule has 1 N–H and O–H groups in total. The fourth-order valence-corrected chi connectivity index (χ4v) is 5.77. The van der Waals surface area contributed by atoms with Crippen molar-refractivity contribution < 1.29 is 27.1 Å². The van der Waals surface area contributed by atoms with Gasteiger partial charge < -0.3 is 15.0 Å². The van der Waals surface area contributed by atoms with E-state index >= 15 is 0 Å². The Balaban J connectivity index is 2.06. The number of halogens is 1. The molecule has 10 heteroatoms. The lowest BCUT2D eigenvalue weighted by atomic mass is 10.1. The Bertz CT molecular complexity index is 1400. The molecule has 0 fully saturated rings. The van der Waals surface area contributed by atoms with Gasteiger partial charge in [-0.25, -0.2) is 12.8 Å². The fourth-order valence-electron chi connectivity index (χ4n) is 4.36. The summed E-state index contributed by atoms with van der Waals surface area (Å²) in [6, 6.07) is 17.5. The number of sulfonamides is 1. The van der Waals surface area contributed by atoms with E-state index in [9.17, 15) is 22.4 Å². The van der Waals surface area contributed by atoms with Crippen molar-refractivity contribution in [2.75, 3.05) is 24.0 Å². The summed E-state index contributed by atoms with van der Waals surface area (Å²) < 4.78 is 47.7. The van der Waals surface area contributed by atoms with Crippen LogP contribution in [0.2, 0.25) is 0 Å². The number of carbonyl (C=O) groups is 2. The molecule has 2 amide bonds. The minimum absolute atomic E-state index is 0.115. The number of nitrogens with one attached hydrogen (secondary N) is 1. The summed E-state index contributed by atoms with van der Waals surface area (Å²) in [4.78, 5) is 28.2. The molecule has 0 aliphatic rings. The Morgan fingerprint density at radius 3 is 2.23 bits per heavy atom. The molecule has 3 aromatic carbocycles. The van der Waals surface area contributed by atoms with E-state index in [0.717, 1.165) is 39.7 Å². The molecule has 0 bridgehead atoms. The summed E-state index contributed by atoms with van der Waals surface area (Å²) >= 11 is 0. The number of benzene rings is 3. The second-order valence-corrected chi connectivity index (χ2v) is 11.1. The first-order chi connectivity index (χ1) is 19.1. The summed E-state index contributed by atoms with van der Waals surface area (Å²) in [6.07, 6.45) is 0.331. The van der Waals surface area contributed by atoms with Crippen LogP contribution in [0.5, 0.6) is 5.75 Å². The predicted molar refractivity (Wildman–Crippen MR) is 153 cm³/mol. The smallest absolute Gasteiger partial charge is 0.264 e. The zero-order valence-corrected chi connectivity index (χ0v) is 24.1. The Morgan fingerprint density at radius 1 is 0.975 bits per heavy atom. The van der Waals surface area contributed by atoms with Crippen molar-refractivity contribution in [1.29, 1.82) is 0 Å².